The van der Waals surface area contributed by atoms with Crippen LogP contribution in [0.25, 0.3) is 0 Å². The van der Waals surface area contributed by atoms with Crippen molar-refractivity contribution in [2.75, 3.05) is 11.9 Å². The van der Waals surface area contributed by atoms with Gasteiger partial charge in [0.15, 0.2) is 0 Å². The van der Waals surface area contributed by atoms with Crippen LogP contribution >= 0.6 is 0 Å². The highest BCUT2D eigenvalue weighted by molar-refractivity contribution is 5.55. The molecular weight excluding hydrogens is 262 g/mol. The first-order valence-electron chi connectivity index (χ1n) is 8.09. The van der Waals surface area contributed by atoms with Crippen molar-refractivity contribution in [2.45, 2.75) is 63.4 Å². The van der Waals surface area contributed by atoms with Gasteiger partial charge < -0.3 is 10.4 Å². The van der Waals surface area contributed by atoms with Crippen LogP contribution in [-0.4, -0.2) is 22.2 Å². The van der Waals surface area contributed by atoms with Crippen molar-refractivity contribution in [3.05, 3.63) is 22.9 Å². The smallest absolute Gasteiger partial charge is 0.144 e. The molecule has 0 amide bonds. The quantitative estimate of drug-likeness (QED) is 0.838. The van der Waals surface area contributed by atoms with E-state index in [1.165, 1.54) is 18.4 Å². The maximum Gasteiger partial charge on any atom is 0.144 e. The molecular formula is C17H23N3O. The summed E-state index contributed by atoms with van der Waals surface area (Å²) in [4.78, 5) is 4.62. The highest BCUT2D eigenvalue weighted by Gasteiger charge is 2.28. The first-order valence-corrected chi connectivity index (χ1v) is 8.09. The van der Waals surface area contributed by atoms with Crippen molar-refractivity contribution in [1.29, 1.82) is 5.26 Å². The molecule has 2 N–H and O–H groups in total. The Morgan fingerprint density at radius 3 is 2.67 bits per heavy atom. The largest absolute Gasteiger partial charge is 0.388 e. The number of anilines is 1. The molecule has 3 rings (SSSR count). The number of hydrogen-bond donors (Lipinski definition) is 2. The molecule has 1 heterocycles. The number of aliphatic hydroxyl groups is 1. The predicted molar refractivity (Wildman–Crippen MR) is 82.1 cm³/mol. The van der Waals surface area contributed by atoms with Gasteiger partial charge >= 0.3 is 0 Å². The molecule has 112 valence electrons. The summed E-state index contributed by atoms with van der Waals surface area (Å²) in [6.45, 7) is 0.494. The molecule has 0 bridgehead atoms. The van der Waals surface area contributed by atoms with Crippen molar-refractivity contribution >= 4 is 5.82 Å². The number of pyridine rings is 1. The van der Waals surface area contributed by atoms with Crippen LogP contribution in [0.2, 0.25) is 0 Å². The number of fused-ring (bicyclic) bond motifs is 1. The molecule has 0 aromatic carbocycles. The Morgan fingerprint density at radius 2 is 1.95 bits per heavy atom. The lowest BCUT2D eigenvalue weighted by Gasteiger charge is -2.27. The van der Waals surface area contributed by atoms with Gasteiger partial charge in [0, 0.05) is 12.2 Å². The van der Waals surface area contributed by atoms with E-state index in [0.717, 1.165) is 50.6 Å². The van der Waals surface area contributed by atoms with Gasteiger partial charge in [-0.2, -0.15) is 5.26 Å². The highest BCUT2D eigenvalue weighted by atomic mass is 16.3. The number of nitrogens with one attached hydrogen (secondary N) is 1. The molecule has 0 spiro atoms. The van der Waals surface area contributed by atoms with E-state index in [2.05, 4.69) is 16.4 Å². The van der Waals surface area contributed by atoms with Gasteiger partial charge in [0.1, 0.15) is 11.9 Å². The van der Waals surface area contributed by atoms with Gasteiger partial charge in [-0.15, -0.1) is 0 Å². The van der Waals surface area contributed by atoms with Gasteiger partial charge in [-0.25, -0.2) is 4.98 Å². The second-order valence-corrected chi connectivity index (χ2v) is 6.45. The molecule has 1 fully saturated rings. The number of rotatable bonds is 3. The second kappa shape index (κ2) is 6.03. The van der Waals surface area contributed by atoms with Crippen LogP contribution in [0.5, 0.6) is 0 Å². The lowest BCUT2D eigenvalue weighted by Crippen LogP contribution is -2.36. The highest BCUT2D eigenvalue weighted by Crippen LogP contribution is 2.29. The molecule has 2 aliphatic rings. The van der Waals surface area contributed by atoms with Gasteiger partial charge in [-0.1, -0.05) is 25.7 Å². The third-order valence-corrected chi connectivity index (χ3v) is 4.79. The summed E-state index contributed by atoms with van der Waals surface area (Å²) in [5.74, 6) is 0.649. The van der Waals surface area contributed by atoms with E-state index in [0.29, 0.717) is 17.9 Å². The fourth-order valence-electron chi connectivity index (χ4n) is 3.50. The Balaban J connectivity index is 1.74. The molecule has 4 nitrogen and oxygen atoms in total. The minimum atomic E-state index is -0.649. The first-order chi connectivity index (χ1) is 10.2. The Hall–Kier alpha value is -1.60. The third kappa shape index (κ3) is 3.19. The van der Waals surface area contributed by atoms with E-state index in [9.17, 15) is 10.4 Å². The lowest BCUT2D eigenvalue weighted by atomic mass is 9.94. The topological polar surface area (TPSA) is 68.9 Å². The monoisotopic (exact) mass is 285 g/mol. The maximum absolute atomic E-state index is 10.7. The normalized spacial score (nSPS) is 20.4. The van der Waals surface area contributed by atoms with Crippen LogP contribution in [-0.2, 0) is 12.8 Å². The molecule has 2 aliphatic carbocycles. The molecule has 1 aromatic rings. The molecule has 0 saturated heterocycles. The summed E-state index contributed by atoms with van der Waals surface area (Å²) in [6, 6.07) is 4.20. The molecule has 0 radical (unpaired) electrons. The summed E-state index contributed by atoms with van der Waals surface area (Å²) < 4.78 is 0. The summed E-state index contributed by atoms with van der Waals surface area (Å²) in [5, 5.41) is 23.2. The van der Waals surface area contributed by atoms with E-state index in [4.69, 9.17) is 0 Å². The zero-order valence-corrected chi connectivity index (χ0v) is 12.5. The first kappa shape index (κ1) is 14.3. The number of hydrogen-bond acceptors (Lipinski definition) is 4. The van der Waals surface area contributed by atoms with Gasteiger partial charge in [0.05, 0.1) is 11.2 Å². The van der Waals surface area contributed by atoms with Gasteiger partial charge in [0.25, 0.3) is 0 Å². The van der Waals surface area contributed by atoms with Gasteiger partial charge in [0.2, 0.25) is 0 Å². The Bertz CT molecular complexity index is 554. The molecule has 0 unspecified atom stereocenters. The molecule has 0 aliphatic heterocycles. The van der Waals surface area contributed by atoms with Gasteiger partial charge in [-0.3, -0.25) is 0 Å². The summed E-state index contributed by atoms with van der Waals surface area (Å²) in [7, 11) is 0. The van der Waals surface area contributed by atoms with Crippen LogP contribution < -0.4 is 5.32 Å². The van der Waals surface area contributed by atoms with Crippen molar-refractivity contribution in [3.63, 3.8) is 0 Å². The Morgan fingerprint density at radius 1 is 1.19 bits per heavy atom. The summed E-state index contributed by atoms with van der Waals surface area (Å²) >= 11 is 0. The molecule has 21 heavy (non-hydrogen) atoms. The average molecular weight is 285 g/mol. The zero-order chi connectivity index (χ0) is 14.7. The Kier molecular flexibility index (Phi) is 4.12. The van der Waals surface area contributed by atoms with E-state index in [1.54, 1.807) is 0 Å². The SMILES string of the molecule is N#Cc1cc2c(nc1NCC1(O)CCCCCC1)CCC2. The fraction of sp³-hybridized carbons (Fsp3) is 0.647. The number of aryl methyl sites for hydroxylation is 2. The van der Waals surface area contributed by atoms with Crippen LogP contribution in [0.1, 0.15) is 61.8 Å². The summed E-state index contributed by atoms with van der Waals surface area (Å²) in [5.41, 5.74) is 2.28. The minimum absolute atomic E-state index is 0.494. The van der Waals surface area contributed by atoms with Crippen LogP contribution in [0.15, 0.2) is 6.07 Å². The van der Waals surface area contributed by atoms with Crippen molar-refractivity contribution in [1.82, 2.24) is 4.98 Å². The average Bonchev–Trinajstić information content (AvgIpc) is 2.84. The van der Waals surface area contributed by atoms with E-state index in [1.807, 2.05) is 6.07 Å². The number of aromatic nitrogens is 1. The molecule has 4 heteroatoms. The molecule has 1 aromatic heterocycles. The Labute approximate surface area is 126 Å². The van der Waals surface area contributed by atoms with Crippen molar-refractivity contribution in [2.24, 2.45) is 0 Å². The lowest BCUT2D eigenvalue weighted by molar-refractivity contribution is 0.0380. The molecule has 1 saturated carbocycles. The standard InChI is InChI=1S/C17H23N3O/c18-11-14-10-13-6-5-7-15(13)20-16(14)19-12-17(21)8-3-1-2-4-9-17/h10,21H,1-9,12H2,(H,19,20). The van der Waals surface area contributed by atoms with E-state index < -0.39 is 5.60 Å². The fourth-order valence-corrected chi connectivity index (χ4v) is 3.50. The van der Waals surface area contributed by atoms with Crippen LogP contribution in [0.3, 0.4) is 0 Å². The molecule has 0 atom stereocenters. The van der Waals surface area contributed by atoms with Crippen molar-refractivity contribution < 1.29 is 5.11 Å². The van der Waals surface area contributed by atoms with Crippen molar-refractivity contribution in [3.8, 4) is 6.07 Å². The van der Waals surface area contributed by atoms with E-state index in [-0.39, 0.29) is 0 Å². The van der Waals surface area contributed by atoms with Crippen LogP contribution in [0, 0.1) is 11.3 Å². The zero-order valence-electron chi connectivity index (χ0n) is 12.5. The number of nitrogens with zero attached hydrogens (tertiary/aromatic N) is 2. The number of nitriles is 1. The second-order valence-electron chi connectivity index (χ2n) is 6.45. The summed E-state index contributed by atoms with van der Waals surface area (Å²) in [6.07, 6.45) is 9.43. The van der Waals surface area contributed by atoms with Gasteiger partial charge in [-0.05, 0) is 43.7 Å². The van der Waals surface area contributed by atoms with E-state index >= 15 is 0 Å². The predicted octanol–water partition coefficient (Wildman–Crippen LogP) is 2.94. The maximum atomic E-state index is 10.7. The minimum Gasteiger partial charge on any atom is -0.388 e. The third-order valence-electron chi connectivity index (χ3n) is 4.79. The van der Waals surface area contributed by atoms with Crippen LogP contribution in [0.4, 0.5) is 5.82 Å².